The highest BCUT2D eigenvalue weighted by Crippen LogP contribution is 2.17. The highest BCUT2D eigenvalue weighted by Gasteiger charge is 2.13. The number of unbranched alkanes of at least 4 members (excludes halogenated alkanes) is 1. The van der Waals surface area contributed by atoms with Crippen LogP contribution in [0.25, 0.3) is 0 Å². The van der Waals surface area contributed by atoms with Crippen molar-refractivity contribution in [3.63, 3.8) is 0 Å². The van der Waals surface area contributed by atoms with Gasteiger partial charge in [-0.05, 0) is 24.1 Å². The number of hydrogen-bond acceptors (Lipinski definition) is 4. The third kappa shape index (κ3) is 5.48. The van der Waals surface area contributed by atoms with Crippen molar-refractivity contribution in [1.82, 2.24) is 4.72 Å². The number of benzene rings is 1. The van der Waals surface area contributed by atoms with E-state index >= 15 is 0 Å². The maximum atomic E-state index is 11.6. The molecule has 0 aliphatic heterocycles. The van der Waals surface area contributed by atoms with Crippen LogP contribution in [0, 0.1) is 0 Å². The molecule has 0 fully saturated rings. The highest BCUT2D eigenvalue weighted by atomic mass is 32.2. The lowest BCUT2D eigenvalue weighted by atomic mass is 10.1. The Morgan fingerprint density at radius 1 is 1.25 bits per heavy atom. The van der Waals surface area contributed by atoms with E-state index in [1.165, 1.54) is 0 Å². The maximum Gasteiger partial charge on any atom is 0.211 e. The Labute approximate surface area is 121 Å². The van der Waals surface area contributed by atoms with Crippen LogP contribution in [-0.4, -0.2) is 39.9 Å². The average Bonchev–Trinajstić information content (AvgIpc) is 2.43. The first-order chi connectivity index (χ1) is 9.35. The van der Waals surface area contributed by atoms with Gasteiger partial charge in [0.1, 0.15) is 0 Å². The maximum absolute atomic E-state index is 11.6. The van der Waals surface area contributed by atoms with Crippen LogP contribution in [0.2, 0.25) is 0 Å². The van der Waals surface area contributed by atoms with Crippen molar-refractivity contribution in [1.29, 1.82) is 0 Å². The Bertz CT molecular complexity index is 498. The minimum atomic E-state index is -3.29. The van der Waals surface area contributed by atoms with Gasteiger partial charge in [-0.15, -0.1) is 0 Å². The molecule has 6 heteroatoms. The smallest absolute Gasteiger partial charge is 0.211 e. The molecule has 0 saturated carbocycles. The number of nitrogens with zero attached hydrogens (tertiary/aromatic N) is 1. The van der Waals surface area contributed by atoms with Gasteiger partial charge in [0, 0.05) is 26.3 Å². The molecule has 1 unspecified atom stereocenters. The third-order valence-electron chi connectivity index (χ3n) is 3.06. The van der Waals surface area contributed by atoms with Gasteiger partial charge >= 0.3 is 0 Å². The fraction of sp³-hybridized carbons (Fsp3) is 0.571. The van der Waals surface area contributed by atoms with Crippen LogP contribution in [-0.2, 0) is 10.0 Å². The number of rotatable bonds is 8. The molecule has 20 heavy (non-hydrogen) atoms. The van der Waals surface area contributed by atoms with E-state index in [1.807, 2.05) is 38.1 Å². The van der Waals surface area contributed by atoms with Crippen LogP contribution in [0.1, 0.15) is 31.4 Å². The first kappa shape index (κ1) is 16.9. The summed E-state index contributed by atoms with van der Waals surface area (Å²) in [6.07, 6.45) is 0.626. The van der Waals surface area contributed by atoms with Gasteiger partial charge in [-0.3, -0.25) is 0 Å². The van der Waals surface area contributed by atoms with Crippen LogP contribution >= 0.6 is 0 Å². The summed E-state index contributed by atoms with van der Waals surface area (Å²) in [5, 5.41) is 10.00. The van der Waals surface area contributed by atoms with Gasteiger partial charge in [-0.2, -0.15) is 0 Å². The molecule has 1 aromatic carbocycles. The number of hydrogen-bond donors (Lipinski definition) is 2. The lowest BCUT2D eigenvalue weighted by Gasteiger charge is -2.15. The summed E-state index contributed by atoms with van der Waals surface area (Å²) in [5.41, 5.74) is 1.73. The molecule has 1 aromatic rings. The summed E-state index contributed by atoms with van der Waals surface area (Å²) in [5.74, 6) is 0.107. The van der Waals surface area contributed by atoms with E-state index in [4.69, 9.17) is 0 Å². The molecule has 1 atom stereocenters. The first-order valence-electron chi connectivity index (χ1n) is 6.78. The molecule has 0 aliphatic carbocycles. The van der Waals surface area contributed by atoms with Gasteiger partial charge in [-0.25, -0.2) is 13.1 Å². The summed E-state index contributed by atoms with van der Waals surface area (Å²) in [6.45, 7) is 1.95. The molecule has 0 bridgehead atoms. The summed E-state index contributed by atoms with van der Waals surface area (Å²) in [7, 11) is 0.589. The molecule has 0 spiro atoms. The van der Waals surface area contributed by atoms with Gasteiger partial charge in [0.15, 0.2) is 0 Å². The lowest BCUT2D eigenvalue weighted by Crippen LogP contribution is -2.30. The van der Waals surface area contributed by atoms with Gasteiger partial charge in [-0.1, -0.05) is 25.5 Å². The van der Waals surface area contributed by atoms with Crippen molar-refractivity contribution >= 4 is 15.7 Å². The fourth-order valence-corrected chi connectivity index (χ4v) is 2.95. The molecule has 0 saturated heterocycles. The van der Waals surface area contributed by atoms with E-state index in [0.717, 1.165) is 12.1 Å². The molecule has 0 heterocycles. The zero-order chi connectivity index (χ0) is 15.2. The van der Waals surface area contributed by atoms with Crippen molar-refractivity contribution in [3.8, 4) is 0 Å². The average molecular weight is 300 g/mol. The predicted octanol–water partition coefficient (Wildman–Crippen LogP) is 1.51. The van der Waals surface area contributed by atoms with Gasteiger partial charge in [0.25, 0.3) is 0 Å². The number of sulfonamides is 1. The lowest BCUT2D eigenvalue weighted by molar-refractivity contribution is 0.182. The third-order valence-corrected chi connectivity index (χ3v) is 4.49. The number of aliphatic hydroxyl groups excluding tert-OH is 1. The molecule has 0 aromatic heterocycles. The van der Waals surface area contributed by atoms with Crippen molar-refractivity contribution in [2.45, 2.75) is 25.9 Å². The second-order valence-electron chi connectivity index (χ2n) is 5.02. The monoisotopic (exact) mass is 300 g/mol. The number of nitrogens with one attached hydrogen (secondary N) is 1. The first-order valence-corrected chi connectivity index (χ1v) is 8.43. The summed E-state index contributed by atoms with van der Waals surface area (Å²) in [4.78, 5) is 1.96. The molecular formula is C14H24N2O3S. The van der Waals surface area contributed by atoms with Crippen LogP contribution in [0.3, 0.4) is 0 Å². The van der Waals surface area contributed by atoms with Gasteiger partial charge < -0.3 is 10.0 Å². The van der Waals surface area contributed by atoms with E-state index in [2.05, 4.69) is 4.72 Å². The Morgan fingerprint density at radius 2 is 1.85 bits per heavy atom. The van der Waals surface area contributed by atoms with Crippen molar-refractivity contribution in [2.24, 2.45) is 0 Å². The van der Waals surface area contributed by atoms with Crippen LogP contribution in [0.4, 0.5) is 5.69 Å². The van der Waals surface area contributed by atoms with E-state index in [0.29, 0.717) is 12.0 Å². The summed E-state index contributed by atoms with van der Waals surface area (Å²) in [6, 6.07) is 7.40. The van der Waals surface area contributed by atoms with Gasteiger partial charge in [0.2, 0.25) is 10.0 Å². The summed E-state index contributed by atoms with van der Waals surface area (Å²) < 4.78 is 25.7. The normalized spacial score (nSPS) is 13.2. The predicted molar refractivity (Wildman–Crippen MR) is 82.4 cm³/mol. The number of anilines is 1. The quantitative estimate of drug-likeness (QED) is 0.763. The second kappa shape index (κ2) is 7.61. The Hall–Kier alpha value is -1.11. The molecule has 2 N–H and O–H groups in total. The van der Waals surface area contributed by atoms with Crippen LogP contribution in [0.5, 0.6) is 0 Å². The van der Waals surface area contributed by atoms with E-state index < -0.39 is 16.1 Å². The van der Waals surface area contributed by atoms with Crippen LogP contribution < -0.4 is 9.62 Å². The SMILES string of the molecule is CCCCS(=O)(=O)NCC(O)c1ccc(N(C)C)cc1. The van der Waals surface area contributed by atoms with E-state index in [9.17, 15) is 13.5 Å². The second-order valence-corrected chi connectivity index (χ2v) is 6.95. The number of aliphatic hydroxyl groups is 1. The Morgan fingerprint density at radius 3 is 2.35 bits per heavy atom. The van der Waals surface area contributed by atoms with Crippen LogP contribution in [0.15, 0.2) is 24.3 Å². The van der Waals surface area contributed by atoms with Crippen molar-refractivity contribution < 1.29 is 13.5 Å². The van der Waals surface area contributed by atoms with Crippen molar-refractivity contribution in [3.05, 3.63) is 29.8 Å². The molecular weight excluding hydrogens is 276 g/mol. The molecule has 5 nitrogen and oxygen atoms in total. The molecule has 0 radical (unpaired) electrons. The Kier molecular flexibility index (Phi) is 6.45. The van der Waals surface area contributed by atoms with Crippen molar-refractivity contribution in [2.75, 3.05) is 31.3 Å². The topological polar surface area (TPSA) is 69.6 Å². The molecule has 0 amide bonds. The Balaban J connectivity index is 2.56. The zero-order valence-electron chi connectivity index (χ0n) is 12.3. The fourth-order valence-electron chi connectivity index (χ4n) is 1.72. The van der Waals surface area contributed by atoms with E-state index in [-0.39, 0.29) is 12.3 Å². The molecule has 114 valence electrons. The minimum Gasteiger partial charge on any atom is -0.387 e. The minimum absolute atomic E-state index is 0.00730. The standard InChI is InChI=1S/C14H24N2O3S/c1-4-5-10-20(18,19)15-11-14(17)12-6-8-13(9-7-12)16(2)3/h6-9,14-15,17H,4-5,10-11H2,1-3H3. The summed E-state index contributed by atoms with van der Waals surface area (Å²) >= 11 is 0. The highest BCUT2D eigenvalue weighted by molar-refractivity contribution is 7.89. The zero-order valence-corrected chi connectivity index (χ0v) is 13.2. The molecule has 0 aliphatic rings. The van der Waals surface area contributed by atoms with E-state index in [1.54, 1.807) is 12.1 Å². The van der Waals surface area contributed by atoms with Gasteiger partial charge in [0.05, 0.1) is 11.9 Å². The molecule has 1 rings (SSSR count). The largest absolute Gasteiger partial charge is 0.387 e.